The lowest BCUT2D eigenvalue weighted by Crippen LogP contribution is -2.33. The normalized spacial score (nSPS) is 13.2. The predicted octanol–water partition coefficient (Wildman–Crippen LogP) is 4.60. The monoisotopic (exact) mass is 417 g/mol. The summed E-state index contributed by atoms with van der Waals surface area (Å²) in [5.74, 6) is -2.68. The van der Waals surface area contributed by atoms with Crippen molar-refractivity contribution in [3.8, 4) is 0 Å². The number of nitrogens with zero attached hydrogens (tertiary/aromatic N) is 1. The van der Waals surface area contributed by atoms with Gasteiger partial charge in [0.05, 0.1) is 37.6 Å². The molecule has 0 radical (unpaired) electrons. The van der Waals surface area contributed by atoms with Crippen LogP contribution in [-0.2, 0) is 16.1 Å². The standard InChI is InChI=1S/C16H7Cl4NO4/c17-11-9-10(12(18)14(20)13(11)19)16(24)21(15(9)23)25-8(22)6-7-4-2-1-3-5-7/h1-5H,6H2. The lowest BCUT2D eigenvalue weighted by atomic mass is 10.1. The molecule has 0 aromatic heterocycles. The fourth-order valence-electron chi connectivity index (χ4n) is 2.31. The van der Waals surface area contributed by atoms with Crippen LogP contribution in [0, 0.1) is 0 Å². The van der Waals surface area contributed by atoms with Crippen LogP contribution in [0.5, 0.6) is 0 Å². The zero-order chi connectivity index (χ0) is 18.3. The first-order valence-corrected chi connectivity index (χ1v) is 8.33. The second-order valence-electron chi connectivity index (χ2n) is 5.04. The van der Waals surface area contributed by atoms with Gasteiger partial charge in [0.15, 0.2) is 0 Å². The Bertz CT molecular complexity index is 867. The molecule has 5 nitrogen and oxygen atoms in total. The second-order valence-corrected chi connectivity index (χ2v) is 6.55. The summed E-state index contributed by atoms with van der Waals surface area (Å²) in [5, 5.41) is -0.478. The number of hydrogen-bond acceptors (Lipinski definition) is 4. The van der Waals surface area contributed by atoms with E-state index in [9.17, 15) is 14.4 Å². The molecule has 0 unspecified atom stereocenters. The van der Waals surface area contributed by atoms with Crippen LogP contribution in [-0.4, -0.2) is 22.8 Å². The SMILES string of the molecule is O=C(Cc1ccccc1)ON1C(=O)c2c(Cl)c(Cl)c(Cl)c(Cl)c2C1=O. The maximum Gasteiger partial charge on any atom is 0.337 e. The Kier molecular flexibility index (Phi) is 4.93. The van der Waals surface area contributed by atoms with Crippen LogP contribution < -0.4 is 0 Å². The molecule has 0 bridgehead atoms. The molecule has 3 rings (SSSR count). The van der Waals surface area contributed by atoms with Gasteiger partial charge < -0.3 is 4.84 Å². The highest BCUT2D eigenvalue weighted by Crippen LogP contribution is 2.44. The van der Waals surface area contributed by atoms with Gasteiger partial charge in [0.2, 0.25) is 0 Å². The number of hydrogen-bond donors (Lipinski definition) is 0. The van der Waals surface area contributed by atoms with Crippen LogP contribution in [0.25, 0.3) is 0 Å². The Hall–Kier alpha value is -1.79. The van der Waals surface area contributed by atoms with E-state index in [2.05, 4.69) is 0 Å². The molecule has 0 aliphatic carbocycles. The van der Waals surface area contributed by atoms with E-state index >= 15 is 0 Å². The van der Waals surface area contributed by atoms with Crippen LogP contribution in [0.2, 0.25) is 20.1 Å². The Balaban J connectivity index is 1.89. The highest BCUT2D eigenvalue weighted by molar-refractivity contribution is 6.55. The first-order chi connectivity index (χ1) is 11.8. The molecule has 0 atom stereocenters. The Morgan fingerprint density at radius 1 is 0.840 bits per heavy atom. The number of carbonyl (C=O) groups is 3. The van der Waals surface area contributed by atoms with Crippen molar-refractivity contribution >= 4 is 64.2 Å². The fraction of sp³-hybridized carbons (Fsp3) is 0.0625. The second kappa shape index (κ2) is 6.84. The molecule has 25 heavy (non-hydrogen) atoms. The third-order valence-corrected chi connectivity index (χ3v) is 5.25. The van der Waals surface area contributed by atoms with Crippen LogP contribution in [0.15, 0.2) is 30.3 Å². The minimum Gasteiger partial charge on any atom is -0.329 e. The van der Waals surface area contributed by atoms with Gasteiger partial charge in [-0.15, -0.1) is 0 Å². The average molecular weight is 419 g/mol. The number of imide groups is 1. The van der Waals surface area contributed by atoms with Crippen molar-refractivity contribution in [3.05, 3.63) is 67.1 Å². The Labute approximate surface area is 161 Å². The Morgan fingerprint density at radius 3 is 1.80 bits per heavy atom. The van der Waals surface area contributed by atoms with Gasteiger partial charge in [-0.1, -0.05) is 81.8 Å². The summed E-state index contributed by atoms with van der Waals surface area (Å²) in [6, 6.07) is 8.69. The molecule has 2 aromatic rings. The van der Waals surface area contributed by atoms with Gasteiger partial charge in [0.25, 0.3) is 11.8 Å². The van der Waals surface area contributed by atoms with Crippen LogP contribution in [0.4, 0.5) is 0 Å². The third kappa shape index (κ3) is 3.09. The van der Waals surface area contributed by atoms with Gasteiger partial charge in [-0.05, 0) is 5.56 Å². The van der Waals surface area contributed by atoms with E-state index in [-0.39, 0.29) is 37.6 Å². The van der Waals surface area contributed by atoms with E-state index in [4.69, 9.17) is 51.2 Å². The van der Waals surface area contributed by atoms with Gasteiger partial charge in [-0.2, -0.15) is 0 Å². The van der Waals surface area contributed by atoms with Crippen molar-refractivity contribution in [2.24, 2.45) is 0 Å². The smallest absolute Gasteiger partial charge is 0.329 e. The molecule has 1 aliphatic rings. The number of rotatable bonds is 3. The molecule has 0 saturated carbocycles. The molecule has 1 aliphatic heterocycles. The number of benzene rings is 2. The minimum absolute atomic E-state index is 0.128. The summed E-state index contributed by atoms with van der Waals surface area (Å²) in [5.41, 5.74) is 0.156. The summed E-state index contributed by atoms with van der Waals surface area (Å²) >= 11 is 23.8. The van der Waals surface area contributed by atoms with Gasteiger partial charge in [0.1, 0.15) is 0 Å². The van der Waals surface area contributed by atoms with Gasteiger partial charge in [-0.25, -0.2) is 4.79 Å². The number of fused-ring (bicyclic) bond motifs is 1. The van der Waals surface area contributed by atoms with Crippen molar-refractivity contribution in [2.75, 3.05) is 0 Å². The molecular formula is C16H7Cl4NO4. The molecule has 0 spiro atoms. The maximum absolute atomic E-state index is 12.4. The zero-order valence-electron chi connectivity index (χ0n) is 12.2. The van der Waals surface area contributed by atoms with E-state index in [1.807, 2.05) is 0 Å². The number of hydroxylamine groups is 2. The van der Waals surface area contributed by atoms with E-state index in [1.165, 1.54) is 0 Å². The van der Waals surface area contributed by atoms with Crippen molar-refractivity contribution < 1.29 is 19.2 Å². The summed E-state index contributed by atoms with van der Waals surface area (Å²) in [6.45, 7) is 0. The average Bonchev–Trinajstić information content (AvgIpc) is 2.83. The Morgan fingerprint density at radius 2 is 1.32 bits per heavy atom. The van der Waals surface area contributed by atoms with E-state index < -0.39 is 17.8 Å². The highest BCUT2D eigenvalue weighted by Gasteiger charge is 2.44. The van der Waals surface area contributed by atoms with Crippen LogP contribution in [0.1, 0.15) is 26.3 Å². The van der Waals surface area contributed by atoms with Gasteiger partial charge in [0, 0.05) is 0 Å². The molecule has 9 heteroatoms. The maximum atomic E-state index is 12.4. The van der Waals surface area contributed by atoms with Crippen molar-refractivity contribution in [1.82, 2.24) is 5.06 Å². The molecule has 0 saturated heterocycles. The lowest BCUT2D eigenvalue weighted by Gasteiger charge is -2.12. The molecule has 2 amide bonds. The van der Waals surface area contributed by atoms with E-state index in [1.54, 1.807) is 30.3 Å². The van der Waals surface area contributed by atoms with Crippen molar-refractivity contribution in [2.45, 2.75) is 6.42 Å². The molecule has 0 fully saturated rings. The largest absolute Gasteiger partial charge is 0.337 e. The first-order valence-electron chi connectivity index (χ1n) is 6.82. The number of amides is 2. The van der Waals surface area contributed by atoms with Gasteiger partial charge >= 0.3 is 5.97 Å². The highest BCUT2D eigenvalue weighted by atomic mass is 35.5. The fourth-order valence-corrected chi connectivity index (χ4v) is 3.32. The van der Waals surface area contributed by atoms with Crippen LogP contribution >= 0.6 is 46.4 Å². The van der Waals surface area contributed by atoms with Crippen molar-refractivity contribution in [1.29, 1.82) is 0 Å². The zero-order valence-corrected chi connectivity index (χ0v) is 15.2. The molecule has 128 valence electrons. The van der Waals surface area contributed by atoms with E-state index in [0.717, 1.165) is 0 Å². The summed E-state index contributed by atoms with van der Waals surface area (Å²) in [7, 11) is 0. The summed E-state index contributed by atoms with van der Waals surface area (Å²) < 4.78 is 0. The summed E-state index contributed by atoms with van der Waals surface area (Å²) in [6.07, 6.45) is -0.128. The van der Waals surface area contributed by atoms with Crippen LogP contribution in [0.3, 0.4) is 0 Å². The molecular weight excluding hydrogens is 412 g/mol. The quantitative estimate of drug-likeness (QED) is 0.415. The number of halogens is 4. The first kappa shape index (κ1) is 18.0. The number of carbonyl (C=O) groups excluding carboxylic acids is 3. The minimum atomic E-state index is -0.938. The van der Waals surface area contributed by atoms with Crippen molar-refractivity contribution in [3.63, 3.8) is 0 Å². The molecule has 1 heterocycles. The third-order valence-electron chi connectivity index (χ3n) is 3.45. The molecule has 2 aromatic carbocycles. The predicted molar refractivity (Wildman–Crippen MR) is 93.2 cm³/mol. The summed E-state index contributed by atoms with van der Waals surface area (Å²) in [4.78, 5) is 41.8. The van der Waals surface area contributed by atoms with Gasteiger partial charge in [-0.3, -0.25) is 9.59 Å². The lowest BCUT2D eigenvalue weighted by molar-refractivity contribution is -0.167. The van der Waals surface area contributed by atoms with E-state index in [0.29, 0.717) is 10.6 Å². The molecule has 0 N–H and O–H groups in total. The topological polar surface area (TPSA) is 63.7 Å².